The van der Waals surface area contributed by atoms with E-state index in [0.717, 1.165) is 39.0 Å². The van der Waals surface area contributed by atoms with Crippen LogP contribution in [0.15, 0.2) is 17.5 Å². The zero-order valence-corrected chi connectivity index (χ0v) is 12.8. The molecule has 1 saturated heterocycles. The van der Waals surface area contributed by atoms with Crippen LogP contribution in [0.25, 0.3) is 0 Å². The van der Waals surface area contributed by atoms with Crippen LogP contribution in [0.3, 0.4) is 0 Å². The van der Waals surface area contributed by atoms with Gasteiger partial charge in [-0.15, -0.1) is 11.3 Å². The van der Waals surface area contributed by atoms with Gasteiger partial charge in [-0.3, -0.25) is 0 Å². The molecule has 0 atom stereocenters. The van der Waals surface area contributed by atoms with Gasteiger partial charge in [-0.1, -0.05) is 6.07 Å². The number of hydrogen-bond donors (Lipinski definition) is 1. The maximum absolute atomic E-state index is 11.5. The van der Waals surface area contributed by atoms with Crippen LogP contribution in [0, 0.1) is 0 Å². The van der Waals surface area contributed by atoms with E-state index in [0.29, 0.717) is 18.1 Å². The maximum Gasteiger partial charge on any atom is 0.151 e. The number of sulfone groups is 1. The van der Waals surface area contributed by atoms with Crippen molar-refractivity contribution in [2.75, 3.05) is 44.2 Å². The highest BCUT2D eigenvalue weighted by Gasteiger charge is 2.18. The van der Waals surface area contributed by atoms with Gasteiger partial charge in [0.25, 0.3) is 0 Å². The van der Waals surface area contributed by atoms with E-state index in [4.69, 9.17) is 0 Å². The molecule has 2 heterocycles. The van der Waals surface area contributed by atoms with Crippen molar-refractivity contribution in [2.24, 2.45) is 0 Å². The molecule has 6 heteroatoms. The van der Waals surface area contributed by atoms with Crippen LogP contribution >= 0.6 is 11.3 Å². The Morgan fingerprint density at radius 2 is 2.16 bits per heavy atom. The third-order valence-electron chi connectivity index (χ3n) is 3.38. The third-order valence-corrected chi connectivity index (χ3v) is 6.03. The van der Waals surface area contributed by atoms with E-state index in [1.54, 1.807) is 11.3 Å². The molecule has 0 bridgehead atoms. The molecule has 0 unspecified atom stereocenters. The van der Waals surface area contributed by atoms with Gasteiger partial charge in [0.15, 0.2) is 9.84 Å². The SMILES string of the molecule is O=S1(=O)CCCN(CCNCCc2cccs2)CC1. The molecule has 1 aromatic heterocycles. The molecule has 1 N–H and O–H groups in total. The highest BCUT2D eigenvalue weighted by Crippen LogP contribution is 2.08. The molecule has 19 heavy (non-hydrogen) atoms. The summed E-state index contributed by atoms with van der Waals surface area (Å²) in [7, 11) is -2.78. The summed E-state index contributed by atoms with van der Waals surface area (Å²) in [5, 5.41) is 5.53. The summed E-state index contributed by atoms with van der Waals surface area (Å²) in [6.07, 6.45) is 1.85. The second-order valence-corrected chi connectivity index (χ2v) is 8.26. The number of thiophene rings is 1. The second kappa shape index (κ2) is 7.38. The first-order valence-corrected chi connectivity index (χ1v) is 9.52. The van der Waals surface area contributed by atoms with Gasteiger partial charge in [0.05, 0.1) is 11.5 Å². The molecule has 0 spiro atoms. The molecule has 1 aliphatic rings. The Hall–Kier alpha value is -0.430. The van der Waals surface area contributed by atoms with Gasteiger partial charge < -0.3 is 10.2 Å². The second-order valence-electron chi connectivity index (χ2n) is 4.93. The van der Waals surface area contributed by atoms with Crippen LogP contribution in [0.2, 0.25) is 0 Å². The maximum atomic E-state index is 11.5. The lowest BCUT2D eigenvalue weighted by Gasteiger charge is -2.19. The van der Waals surface area contributed by atoms with Crippen molar-refractivity contribution in [3.8, 4) is 0 Å². The van der Waals surface area contributed by atoms with Crippen molar-refractivity contribution in [1.82, 2.24) is 10.2 Å². The van der Waals surface area contributed by atoms with Crippen molar-refractivity contribution >= 4 is 21.2 Å². The Labute approximate surface area is 119 Å². The molecule has 0 amide bonds. The molecular weight excluding hydrogens is 280 g/mol. The molecule has 4 nitrogen and oxygen atoms in total. The van der Waals surface area contributed by atoms with Crippen LogP contribution in [0.1, 0.15) is 11.3 Å². The van der Waals surface area contributed by atoms with Gasteiger partial charge in [0.1, 0.15) is 0 Å². The summed E-state index contributed by atoms with van der Waals surface area (Å²) in [5.41, 5.74) is 0. The van der Waals surface area contributed by atoms with Crippen molar-refractivity contribution in [3.63, 3.8) is 0 Å². The molecule has 1 aromatic rings. The van der Waals surface area contributed by atoms with Crippen molar-refractivity contribution < 1.29 is 8.42 Å². The van der Waals surface area contributed by atoms with E-state index in [-0.39, 0.29) is 0 Å². The average molecular weight is 302 g/mol. The van der Waals surface area contributed by atoms with Gasteiger partial charge in [-0.05, 0) is 30.8 Å². The minimum Gasteiger partial charge on any atom is -0.315 e. The lowest BCUT2D eigenvalue weighted by Crippen LogP contribution is -2.34. The zero-order chi connectivity index (χ0) is 13.6. The van der Waals surface area contributed by atoms with E-state index in [1.165, 1.54) is 4.88 Å². The average Bonchev–Trinajstić information content (AvgIpc) is 2.81. The smallest absolute Gasteiger partial charge is 0.151 e. The highest BCUT2D eigenvalue weighted by molar-refractivity contribution is 7.91. The summed E-state index contributed by atoms with van der Waals surface area (Å²) in [5.74, 6) is 0.678. The van der Waals surface area contributed by atoms with Gasteiger partial charge in [-0.25, -0.2) is 8.42 Å². The molecular formula is C13H22N2O2S2. The quantitative estimate of drug-likeness (QED) is 0.797. The van der Waals surface area contributed by atoms with E-state index >= 15 is 0 Å². The summed E-state index contributed by atoms with van der Waals surface area (Å²) >= 11 is 1.79. The predicted octanol–water partition coefficient (Wildman–Crippen LogP) is 1.00. The molecule has 108 valence electrons. The molecule has 0 saturated carbocycles. The first-order valence-electron chi connectivity index (χ1n) is 6.82. The number of nitrogens with one attached hydrogen (secondary N) is 1. The Balaban J connectivity index is 1.58. The Bertz CT molecular complexity index is 457. The third kappa shape index (κ3) is 5.60. The minimum atomic E-state index is -2.78. The number of hydrogen-bond acceptors (Lipinski definition) is 5. The number of nitrogens with zero attached hydrogens (tertiary/aromatic N) is 1. The largest absolute Gasteiger partial charge is 0.315 e. The number of rotatable bonds is 6. The normalized spacial score (nSPS) is 20.2. The molecule has 1 aliphatic heterocycles. The fourth-order valence-corrected chi connectivity index (χ4v) is 4.26. The van der Waals surface area contributed by atoms with Gasteiger partial charge in [0, 0.05) is 31.1 Å². The first-order chi connectivity index (χ1) is 9.16. The fraction of sp³-hybridized carbons (Fsp3) is 0.692. The lowest BCUT2D eigenvalue weighted by molar-refractivity contribution is 0.294. The molecule has 2 rings (SSSR count). The molecule has 0 aliphatic carbocycles. The van der Waals surface area contributed by atoms with Crippen molar-refractivity contribution in [2.45, 2.75) is 12.8 Å². The van der Waals surface area contributed by atoms with Gasteiger partial charge in [-0.2, -0.15) is 0 Å². The van der Waals surface area contributed by atoms with Crippen LogP contribution < -0.4 is 5.32 Å². The van der Waals surface area contributed by atoms with Gasteiger partial charge >= 0.3 is 0 Å². The Morgan fingerprint density at radius 1 is 1.26 bits per heavy atom. The van der Waals surface area contributed by atoms with Crippen LogP contribution in [0.5, 0.6) is 0 Å². The van der Waals surface area contributed by atoms with E-state index in [9.17, 15) is 8.42 Å². The van der Waals surface area contributed by atoms with Crippen LogP contribution in [0.4, 0.5) is 0 Å². The molecule has 0 aromatic carbocycles. The molecule has 0 radical (unpaired) electrons. The first kappa shape index (κ1) is 15.0. The monoisotopic (exact) mass is 302 g/mol. The summed E-state index contributed by atoms with van der Waals surface area (Å²) in [4.78, 5) is 3.66. The summed E-state index contributed by atoms with van der Waals surface area (Å²) in [6.45, 7) is 4.47. The van der Waals surface area contributed by atoms with E-state index in [1.807, 2.05) is 0 Å². The summed E-state index contributed by atoms with van der Waals surface area (Å²) in [6, 6.07) is 4.24. The standard InChI is InChI=1S/C13H22N2O2S2/c16-19(17)11-2-7-15(9-12-19)8-6-14-5-4-13-3-1-10-18-13/h1,3,10,14H,2,4-9,11-12H2. The Morgan fingerprint density at radius 3 is 2.95 bits per heavy atom. The topological polar surface area (TPSA) is 49.4 Å². The van der Waals surface area contributed by atoms with Crippen molar-refractivity contribution in [1.29, 1.82) is 0 Å². The van der Waals surface area contributed by atoms with E-state index < -0.39 is 9.84 Å². The van der Waals surface area contributed by atoms with E-state index in [2.05, 4.69) is 27.7 Å². The van der Waals surface area contributed by atoms with Crippen LogP contribution in [-0.2, 0) is 16.3 Å². The highest BCUT2D eigenvalue weighted by atomic mass is 32.2. The Kier molecular flexibility index (Phi) is 5.81. The summed E-state index contributed by atoms with van der Waals surface area (Å²) < 4.78 is 23.0. The molecule has 1 fully saturated rings. The predicted molar refractivity (Wildman–Crippen MR) is 80.6 cm³/mol. The zero-order valence-electron chi connectivity index (χ0n) is 11.2. The fourth-order valence-electron chi connectivity index (χ4n) is 2.24. The van der Waals surface area contributed by atoms with Crippen LogP contribution in [-0.4, -0.2) is 57.5 Å². The lowest BCUT2D eigenvalue weighted by atomic mass is 10.3. The minimum absolute atomic E-state index is 0.322. The van der Waals surface area contributed by atoms with Gasteiger partial charge in [0.2, 0.25) is 0 Å². The van der Waals surface area contributed by atoms with Crippen molar-refractivity contribution in [3.05, 3.63) is 22.4 Å².